The number of amides is 1. The minimum Gasteiger partial charge on any atom is -0.489 e. The number of likely N-dealkylation sites (N-methyl/N-ethyl adjacent to an activating group) is 1. The van der Waals surface area contributed by atoms with Crippen LogP contribution in [-0.2, 0) is 11.2 Å². The molecule has 0 spiro atoms. The van der Waals surface area contributed by atoms with E-state index in [4.69, 9.17) is 4.74 Å². The van der Waals surface area contributed by atoms with Crippen molar-refractivity contribution in [1.82, 2.24) is 4.90 Å². The first kappa shape index (κ1) is 20.9. The molecule has 28 heavy (non-hydrogen) atoms. The van der Waals surface area contributed by atoms with Crippen molar-refractivity contribution in [2.24, 2.45) is 11.8 Å². The third-order valence-electron chi connectivity index (χ3n) is 6.67. The predicted octanol–water partition coefficient (Wildman–Crippen LogP) is 1.46. The summed E-state index contributed by atoms with van der Waals surface area (Å²) < 4.78 is 5.82. The Labute approximate surface area is 169 Å². The highest BCUT2D eigenvalue weighted by Crippen LogP contribution is 2.44. The molecule has 0 saturated carbocycles. The first-order chi connectivity index (χ1) is 13.3. The Morgan fingerprint density at radius 1 is 1.43 bits per heavy atom. The fourth-order valence-corrected chi connectivity index (χ4v) is 4.78. The SMILES string of the molecule is C=CCOc1cc(C)c2c(c1C)[C@H](O)[C@@H]([C@H](C)C(=O)N1CC[NH+](C)CC1)CC2. The van der Waals surface area contributed by atoms with Gasteiger partial charge in [-0.2, -0.15) is 0 Å². The maximum Gasteiger partial charge on any atom is 0.226 e. The highest BCUT2D eigenvalue weighted by molar-refractivity contribution is 5.79. The normalized spacial score (nSPS) is 23.8. The lowest BCUT2D eigenvalue weighted by molar-refractivity contribution is -0.883. The number of nitrogens with zero attached hydrogens (tertiary/aromatic N) is 1. The number of aryl methyl sites for hydroxylation is 1. The topological polar surface area (TPSA) is 54.2 Å². The Hall–Kier alpha value is -1.85. The first-order valence-electron chi connectivity index (χ1n) is 10.5. The number of ether oxygens (including phenoxy) is 1. The summed E-state index contributed by atoms with van der Waals surface area (Å²) >= 11 is 0. The summed E-state index contributed by atoms with van der Waals surface area (Å²) in [7, 11) is 2.17. The van der Waals surface area contributed by atoms with Gasteiger partial charge in [0, 0.05) is 11.8 Å². The van der Waals surface area contributed by atoms with Gasteiger partial charge in [0.1, 0.15) is 12.4 Å². The quantitative estimate of drug-likeness (QED) is 0.752. The summed E-state index contributed by atoms with van der Waals surface area (Å²) in [6, 6.07) is 2.06. The van der Waals surface area contributed by atoms with Crippen molar-refractivity contribution in [2.75, 3.05) is 39.8 Å². The van der Waals surface area contributed by atoms with E-state index >= 15 is 0 Å². The number of benzene rings is 1. The molecule has 1 fully saturated rings. The molecular formula is C23H35N2O3+. The Bertz CT molecular complexity index is 738. The van der Waals surface area contributed by atoms with Gasteiger partial charge >= 0.3 is 0 Å². The summed E-state index contributed by atoms with van der Waals surface area (Å²) in [6.45, 7) is 13.9. The molecule has 3 rings (SSSR count). The van der Waals surface area contributed by atoms with Crippen LogP contribution in [0, 0.1) is 25.7 Å². The van der Waals surface area contributed by atoms with E-state index in [9.17, 15) is 9.90 Å². The number of aliphatic hydroxyl groups excluding tert-OH is 1. The molecule has 2 aliphatic rings. The summed E-state index contributed by atoms with van der Waals surface area (Å²) in [4.78, 5) is 16.6. The van der Waals surface area contributed by atoms with E-state index in [1.165, 1.54) is 10.5 Å². The Kier molecular flexibility index (Phi) is 6.46. The number of fused-ring (bicyclic) bond motifs is 1. The molecule has 1 aromatic carbocycles. The fourth-order valence-electron chi connectivity index (χ4n) is 4.78. The van der Waals surface area contributed by atoms with E-state index in [0.717, 1.165) is 61.5 Å². The first-order valence-corrected chi connectivity index (χ1v) is 10.5. The second kappa shape index (κ2) is 8.66. The molecule has 1 amide bonds. The molecule has 2 N–H and O–H groups in total. The molecule has 0 aromatic heterocycles. The summed E-state index contributed by atoms with van der Waals surface area (Å²) in [5.41, 5.74) is 4.33. The summed E-state index contributed by atoms with van der Waals surface area (Å²) in [6.07, 6.45) is 2.83. The van der Waals surface area contributed by atoms with Gasteiger partial charge in [-0.25, -0.2) is 0 Å². The summed E-state index contributed by atoms with van der Waals surface area (Å²) in [5.74, 6) is 0.754. The van der Waals surface area contributed by atoms with E-state index in [0.29, 0.717) is 6.61 Å². The van der Waals surface area contributed by atoms with Gasteiger partial charge < -0.3 is 19.6 Å². The molecule has 1 heterocycles. The number of piperazine rings is 1. The van der Waals surface area contributed by atoms with Crippen molar-refractivity contribution < 1.29 is 19.5 Å². The number of hydrogen-bond donors (Lipinski definition) is 2. The minimum absolute atomic E-state index is 0.0558. The van der Waals surface area contributed by atoms with E-state index in [1.807, 2.05) is 18.7 Å². The third-order valence-corrected chi connectivity index (χ3v) is 6.67. The van der Waals surface area contributed by atoms with Gasteiger partial charge in [-0.05, 0) is 55.0 Å². The number of nitrogens with one attached hydrogen (secondary N) is 1. The molecule has 1 aromatic rings. The molecular weight excluding hydrogens is 352 g/mol. The molecule has 3 atom stereocenters. The van der Waals surface area contributed by atoms with Crippen LogP contribution in [0.2, 0.25) is 0 Å². The highest BCUT2D eigenvalue weighted by atomic mass is 16.5. The lowest BCUT2D eigenvalue weighted by atomic mass is 9.72. The van der Waals surface area contributed by atoms with Crippen LogP contribution in [0.3, 0.4) is 0 Å². The largest absolute Gasteiger partial charge is 0.489 e. The Balaban J connectivity index is 1.83. The van der Waals surface area contributed by atoms with Crippen molar-refractivity contribution >= 4 is 5.91 Å². The van der Waals surface area contributed by atoms with E-state index < -0.39 is 6.10 Å². The molecule has 5 nitrogen and oxygen atoms in total. The molecule has 5 heteroatoms. The lowest BCUT2D eigenvalue weighted by Crippen LogP contribution is -3.12. The van der Waals surface area contributed by atoms with Crippen molar-refractivity contribution in [2.45, 2.75) is 39.7 Å². The number of quaternary nitrogens is 1. The van der Waals surface area contributed by atoms with Crippen LogP contribution in [0.4, 0.5) is 0 Å². The van der Waals surface area contributed by atoms with Crippen LogP contribution in [0.25, 0.3) is 0 Å². The number of hydrogen-bond acceptors (Lipinski definition) is 3. The zero-order chi connectivity index (χ0) is 20.4. The Morgan fingerprint density at radius 2 is 2.11 bits per heavy atom. The van der Waals surface area contributed by atoms with E-state index in [2.05, 4.69) is 26.6 Å². The van der Waals surface area contributed by atoms with Crippen molar-refractivity contribution in [1.29, 1.82) is 0 Å². The average molecular weight is 388 g/mol. The Morgan fingerprint density at radius 3 is 2.75 bits per heavy atom. The van der Waals surface area contributed by atoms with Crippen LogP contribution in [-0.4, -0.2) is 55.7 Å². The standard InChI is InChI=1S/C23H34N2O3/c1-6-13-28-20-14-15(2)18-7-8-19(22(26)21(18)17(20)4)16(3)23(27)25-11-9-24(5)10-12-25/h6,14,16,19,22,26H,1,7-13H2,2-5H3/p+1/t16-,19+,22+/m0/s1. The number of carbonyl (C=O) groups is 1. The van der Waals surface area contributed by atoms with Gasteiger partial charge in [-0.3, -0.25) is 4.79 Å². The second-order valence-electron chi connectivity index (χ2n) is 8.53. The zero-order valence-corrected chi connectivity index (χ0v) is 17.8. The number of aliphatic hydroxyl groups is 1. The minimum atomic E-state index is -0.633. The van der Waals surface area contributed by atoms with E-state index in [1.54, 1.807) is 6.08 Å². The molecule has 1 aliphatic carbocycles. The van der Waals surface area contributed by atoms with Crippen LogP contribution >= 0.6 is 0 Å². The average Bonchev–Trinajstić information content (AvgIpc) is 2.69. The van der Waals surface area contributed by atoms with Gasteiger partial charge in [0.15, 0.2) is 0 Å². The van der Waals surface area contributed by atoms with Crippen LogP contribution in [0.5, 0.6) is 5.75 Å². The van der Waals surface area contributed by atoms with Crippen molar-refractivity contribution in [3.8, 4) is 5.75 Å². The zero-order valence-electron chi connectivity index (χ0n) is 17.8. The van der Waals surface area contributed by atoms with Crippen LogP contribution in [0.15, 0.2) is 18.7 Å². The van der Waals surface area contributed by atoms with Crippen LogP contribution < -0.4 is 9.64 Å². The fraction of sp³-hybridized carbons (Fsp3) is 0.609. The van der Waals surface area contributed by atoms with Crippen molar-refractivity contribution in [3.63, 3.8) is 0 Å². The second-order valence-corrected chi connectivity index (χ2v) is 8.53. The molecule has 0 radical (unpaired) electrons. The molecule has 0 bridgehead atoms. The smallest absolute Gasteiger partial charge is 0.226 e. The monoisotopic (exact) mass is 387 g/mol. The maximum atomic E-state index is 13.1. The maximum absolute atomic E-state index is 13.1. The molecule has 1 aliphatic heterocycles. The van der Waals surface area contributed by atoms with E-state index in [-0.39, 0.29) is 17.7 Å². The van der Waals surface area contributed by atoms with Gasteiger partial charge in [-0.1, -0.05) is 19.6 Å². The van der Waals surface area contributed by atoms with Gasteiger partial charge in [0.25, 0.3) is 0 Å². The lowest BCUT2D eigenvalue weighted by Gasteiger charge is -2.38. The van der Waals surface area contributed by atoms with Gasteiger partial charge in [-0.15, -0.1) is 0 Å². The van der Waals surface area contributed by atoms with Gasteiger partial charge in [0.05, 0.1) is 39.3 Å². The number of rotatable bonds is 5. The number of carbonyl (C=O) groups excluding carboxylic acids is 1. The third kappa shape index (κ3) is 3.96. The summed E-state index contributed by atoms with van der Waals surface area (Å²) in [5, 5.41) is 11.3. The predicted molar refractivity (Wildman–Crippen MR) is 111 cm³/mol. The van der Waals surface area contributed by atoms with Crippen LogP contribution in [0.1, 0.15) is 41.7 Å². The van der Waals surface area contributed by atoms with Crippen molar-refractivity contribution in [3.05, 3.63) is 41.0 Å². The molecule has 1 saturated heterocycles. The molecule has 154 valence electrons. The van der Waals surface area contributed by atoms with Gasteiger partial charge in [0.2, 0.25) is 5.91 Å². The molecule has 0 unspecified atom stereocenters. The highest BCUT2D eigenvalue weighted by Gasteiger charge is 2.39.